The second-order valence-corrected chi connectivity index (χ2v) is 6.27. The third-order valence-corrected chi connectivity index (χ3v) is 3.51. The number of unbranched alkanes of at least 4 members (excludes halogenated alkanes) is 2. The number of rotatable bonds is 7. The highest BCUT2D eigenvalue weighted by Crippen LogP contribution is 2.11. The van der Waals surface area contributed by atoms with Gasteiger partial charge in [-0.2, -0.15) is 0 Å². The van der Waals surface area contributed by atoms with Crippen LogP contribution in [0.15, 0.2) is 23.4 Å². The molecule has 0 saturated carbocycles. The maximum Gasteiger partial charge on any atom is 0.224 e. The third-order valence-electron chi connectivity index (χ3n) is 2.51. The molecule has 0 bridgehead atoms. The van der Waals surface area contributed by atoms with Crippen molar-refractivity contribution < 1.29 is 13.2 Å². The summed E-state index contributed by atoms with van der Waals surface area (Å²) in [6.07, 6.45) is 5.48. The van der Waals surface area contributed by atoms with E-state index in [9.17, 15) is 13.2 Å². The Morgan fingerprint density at radius 3 is 2.58 bits per heavy atom. The van der Waals surface area contributed by atoms with Crippen molar-refractivity contribution in [3.63, 3.8) is 0 Å². The maximum absolute atomic E-state index is 11.6. The van der Waals surface area contributed by atoms with Gasteiger partial charge in [-0.1, -0.05) is 6.42 Å². The lowest BCUT2D eigenvalue weighted by Crippen LogP contribution is -2.12. The Morgan fingerprint density at radius 2 is 2.05 bits per heavy atom. The standard InChI is InChI=1S/C12H19N3O3S/c1-19(17,18)12-7-6-10(9-14-12)15-11(16)5-3-2-4-8-13/h6-7,9H,2-5,8,13H2,1H3,(H,15,16). The minimum Gasteiger partial charge on any atom is -0.330 e. The van der Waals surface area contributed by atoms with Crippen molar-refractivity contribution in [3.8, 4) is 0 Å². The molecule has 0 radical (unpaired) electrons. The Balaban J connectivity index is 2.47. The number of anilines is 1. The number of pyridine rings is 1. The van der Waals surface area contributed by atoms with Gasteiger partial charge in [0.25, 0.3) is 0 Å². The second kappa shape index (κ2) is 7.20. The Labute approximate surface area is 113 Å². The van der Waals surface area contributed by atoms with Crippen molar-refractivity contribution in [3.05, 3.63) is 18.3 Å². The van der Waals surface area contributed by atoms with Gasteiger partial charge in [0.2, 0.25) is 5.91 Å². The van der Waals surface area contributed by atoms with Gasteiger partial charge in [-0.25, -0.2) is 13.4 Å². The molecular weight excluding hydrogens is 266 g/mol. The largest absolute Gasteiger partial charge is 0.330 e. The molecule has 1 rings (SSSR count). The second-order valence-electron chi connectivity index (χ2n) is 4.30. The zero-order valence-corrected chi connectivity index (χ0v) is 11.7. The van der Waals surface area contributed by atoms with Crippen molar-refractivity contribution in [1.82, 2.24) is 4.98 Å². The average molecular weight is 285 g/mol. The molecule has 0 saturated heterocycles. The van der Waals surface area contributed by atoms with Gasteiger partial charge in [0.1, 0.15) is 0 Å². The first-order valence-electron chi connectivity index (χ1n) is 6.09. The SMILES string of the molecule is CS(=O)(=O)c1ccc(NC(=O)CCCCCN)cn1. The third kappa shape index (κ3) is 5.80. The molecule has 19 heavy (non-hydrogen) atoms. The number of hydrogen-bond acceptors (Lipinski definition) is 5. The molecule has 1 heterocycles. The highest BCUT2D eigenvalue weighted by molar-refractivity contribution is 7.90. The minimum atomic E-state index is -3.30. The normalized spacial score (nSPS) is 11.3. The topological polar surface area (TPSA) is 102 Å². The van der Waals surface area contributed by atoms with Crippen molar-refractivity contribution in [2.45, 2.75) is 30.7 Å². The molecule has 1 aromatic rings. The monoisotopic (exact) mass is 285 g/mol. The predicted octanol–water partition coefficient (Wildman–Crippen LogP) is 0.943. The van der Waals surface area contributed by atoms with Gasteiger partial charge < -0.3 is 11.1 Å². The number of sulfone groups is 1. The van der Waals surface area contributed by atoms with Gasteiger partial charge in [-0.05, 0) is 31.5 Å². The van der Waals surface area contributed by atoms with Crippen molar-refractivity contribution in [2.24, 2.45) is 5.73 Å². The summed E-state index contributed by atoms with van der Waals surface area (Å²) in [7, 11) is -3.30. The summed E-state index contributed by atoms with van der Waals surface area (Å²) >= 11 is 0. The molecule has 0 aliphatic heterocycles. The molecule has 7 heteroatoms. The van der Waals surface area contributed by atoms with E-state index in [2.05, 4.69) is 10.3 Å². The van der Waals surface area contributed by atoms with E-state index in [1.54, 1.807) is 0 Å². The van der Waals surface area contributed by atoms with Gasteiger partial charge in [0.05, 0.1) is 11.9 Å². The lowest BCUT2D eigenvalue weighted by Gasteiger charge is -2.05. The fourth-order valence-electron chi connectivity index (χ4n) is 1.50. The molecule has 0 unspecified atom stereocenters. The van der Waals surface area contributed by atoms with Crippen LogP contribution in [0.4, 0.5) is 5.69 Å². The first-order valence-corrected chi connectivity index (χ1v) is 7.98. The Hall–Kier alpha value is -1.47. The van der Waals surface area contributed by atoms with Crippen LogP contribution in [-0.4, -0.2) is 32.1 Å². The van der Waals surface area contributed by atoms with Crippen molar-refractivity contribution >= 4 is 21.4 Å². The highest BCUT2D eigenvalue weighted by Gasteiger charge is 2.09. The van der Waals surface area contributed by atoms with E-state index in [0.29, 0.717) is 18.7 Å². The summed E-state index contributed by atoms with van der Waals surface area (Å²) in [6, 6.07) is 2.90. The number of carbonyl (C=O) groups excluding carboxylic acids is 1. The summed E-state index contributed by atoms with van der Waals surface area (Å²) < 4.78 is 22.4. The first-order chi connectivity index (χ1) is 8.93. The molecule has 3 N–H and O–H groups in total. The number of nitrogens with two attached hydrogens (primary N) is 1. The van der Waals surface area contributed by atoms with E-state index < -0.39 is 9.84 Å². The van der Waals surface area contributed by atoms with E-state index in [1.807, 2.05) is 0 Å². The molecule has 0 fully saturated rings. The lowest BCUT2D eigenvalue weighted by molar-refractivity contribution is -0.116. The molecule has 6 nitrogen and oxygen atoms in total. The Kier molecular flexibility index (Phi) is 5.91. The summed E-state index contributed by atoms with van der Waals surface area (Å²) in [4.78, 5) is 15.4. The molecule has 0 atom stereocenters. The van der Waals surface area contributed by atoms with Gasteiger partial charge in [-0.15, -0.1) is 0 Å². The van der Waals surface area contributed by atoms with Crippen LogP contribution in [0.2, 0.25) is 0 Å². The fraction of sp³-hybridized carbons (Fsp3) is 0.500. The average Bonchev–Trinajstić information content (AvgIpc) is 2.34. The molecule has 1 amide bonds. The Morgan fingerprint density at radius 1 is 1.32 bits per heavy atom. The van der Waals surface area contributed by atoms with E-state index >= 15 is 0 Å². The summed E-state index contributed by atoms with van der Waals surface area (Å²) in [5.41, 5.74) is 5.86. The van der Waals surface area contributed by atoms with E-state index in [0.717, 1.165) is 25.5 Å². The highest BCUT2D eigenvalue weighted by atomic mass is 32.2. The van der Waals surface area contributed by atoms with Crippen LogP contribution >= 0.6 is 0 Å². The van der Waals surface area contributed by atoms with Crippen LogP contribution in [0.5, 0.6) is 0 Å². The van der Waals surface area contributed by atoms with E-state index in [4.69, 9.17) is 5.73 Å². The number of carbonyl (C=O) groups is 1. The Bertz CT molecular complexity index is 512. The maximum atomic E-state index is 11.6. The summed E-state index contributed by atoms with van der Waals surface area (Å²) in [5, 5.41) is 2.66. The molecular formula is C12H19N3O3S. The molecule has 1 aromatic heterocycles. The number of aromatic nitrogens is 1. The van der Waals surface area contributed by atoms with Crippen LogP contribution in [0.25, 0.3) is 0 Å². The lowest BCUT2D eigenvalue weighted by atomic mass is 10.2. The molecule has 0 aromatic carbocycles. The summed E-state index contributed by atoms with van der Waals surface area (Å²) in [6.45, 7) is 0.637. The van der Waals surface area contributed by atoms with Crippen LogP contribution in [0.3, 0.4) is 0 Å². The first kappa shape index (κ1) is 15.6. The zero-order valence-electron chi connectivity index (χ0n) is 10.9. The van der Waals surface area contributed by atoms with Gasteiger partial charge >= 0.3 is 0 Å². The van der Waals surface area contributed by atoms with E-state index in [1.165, 1.54) is 18.3 Å². The number of amides is 1. The van der Waals surface area contributed by atoms with Crippen molar-refractivity contribution in [1.29, 1.82) is 0 Å². The predicted molar refractivity (Wildman–Crippen MR) is 73.5 cm³/mol. The number of nitrogens with zero attached hydrogens (tertiary/aromatic N) is 1. The quantitative estimate of drug-likeness (QED) is 0.726. The minimum absolute atomic E-state index is 0.00607. The fourth-order valence-corrected chi connectivity index (χ4v) is 2.06. The van der Waals surface area contributed by atoms with Gasteiger partial charge in [-0.3, -0.25) is 4.79 Å². The van der Waals surface area contributed by atoms with Crippen LogP contribution in [0.1, 0.15) is 25.7 Å². The smallest absolute Gasteiger partial charge is 0.224 e. The molecule has 0 aliphatic rings. The van der Waals surface area contributed by atoms with Crippen LogP contribution in [0, 0.1) is 0 Å². The van der Waals surface area contributed by atoms with Crippen LogP contribution in [-0.2, 0) is 14.6 Å². The van der Waals surface area contributed by atoms with Gasteiger partial charge in [0.15, 0.2) is 14.9 Å². The summed E-state index contributed by atoms with van der Waals surface area (Å²) in [5.74, 6) is -0.106. The number of hydrogen-bond donors (Lipinski definition) is 2. The molecule has 0 aliphatic carbocycles. The zero-order chi connectivity index (χ0) is 14.3. The van der Waals surface area contributed by atoms with Gasteiger partial charge in [0, 0.05) is 12.7 Å². The van der Waals surface area contributed by atoms with E-state index in [-0.39, 0.29) is 10.9 Å². The van der Waals surface area contributed by atoms with Crippen molar-refractivity contribution in [2.75, 3.05) is 18.1 Å². The number of nitrogens with one attached hydrogen (secondary N) is 1. The van der Waals surface area contributed by atoms with Crippen LogP contribution < -0.4 is 11.1 Å². The molecule has 106 valence electrons. The molecule has 0 spiro atoms.